The van der Waals surface area contributed by atoms with Gasteiger partial charge in [-0.15, -0.1) is 10.2 Å². The number of hydrogen-bond donors (Lipinski definition) is 2. The predicted molar refractivity (Wildman–Crippen MR) is 112 cm³/mol. The minimum absolute atomic E-state index is 0.221. The Morgan fingerprint density at radius 2 is 1.97 bits per heavy atom. The molecular weight excluding hydrogens is 386 g/mol. The van der Waals surface area contributed by atoms with Crippen molar-refractivity contribution < 1.29 is 9.59 Å². The summed E-state index contributed by atoms with van der Waals surface area (Å²) in [7, 11) is 0. The molecule has 2 amide bonds. The van der Waals surface area contributed by atoms with E-state index in [0.29, 0.717) is 29.8 Å². The molecule has 0 unspecified atom stereocenters. The van der Waals surface area contributed by atoms with Crippen molar-refractivity contribution in [1.82, 2.24) is 20.1 Å². The Morgan fingerprint density at radius 1 is 1.07 bits per heavy atom. The van der Waals surface area contributed by atoms with Gasteiger partial charge in [0.2, 0.25) is 0 Å². The second-order valence-electron chi connectivity index (χ2n) is 7.01. The summed E-state index contributed by atoms with van der Waals surface area (Å²) in [6, 6.07) is 8.78. The van der Waals surface area contributed by atoms with E-state index in [-0.39, 0.29) is 11.8 Å². The fourth-order valence-electron chi connectivity index (χ4n) is 3.49. The van der Waals surface area contributed by atoms with Crippen molar-refractivity contribution in [2.45, 2.75) is 38.6 Å². The minimum Gasteiger partial charge on any atom is -0.352 e. The maximum Gasteiger partial charge on any atom is 0.256 e. The summed E-state index contributed by atoms with van der Waals surface area (Å²) in [5, 5.41) is 18.0. The van der Waals surface area contributed by atoms with Crippen LogP contribution in [0.4, 0.5) is 5.69 Å². The first-order valence-electron chi connectivity index (χ1n) is 9.84. The molecule has 7 nitrogen and oxygen atoms in total. The van der Waals surface area contributed by atoms with Crippen LogP contribution >= 0.6 is 11.3 Å². The molecule has 1 aromatic carbocycles. The van der Waals surface area contributed by atoms with E-state index in [1.165, 1.54) is 17.8 Å². The zero-order valence-corrected chi connectivity index (χ0v) is 16.9. The third-order valence-corrected chi connectivity index (χ3v) is 5.71. The van der Waals surface area contributed by atoms with Crippen molar-refractivity contribution in [3.63, 3.8) is 0 Å². The van der Waals surface area contributed by atoms with E-state index in [1.54, 1.807) is 35.7 Å². The number of anilines is 1. The number of aryl methyl sites for hydroxylation is 1. The van der Waals surface area contributed by atoms with Gasteiger partial charge in [-0.25, -0.2) is 0 Å². The summed E-state index contributed by atoms with van der Waals surface area (Å²) in [6.45, 7) is 1.41. The lowest BCUT2D eigenvalue weighted by Gasteiger charge is -2.11. The highest BCUT2D eigenvalue weighted by Crippen LogP contribution is 2.18. The molecule has 0 radical (unpaired) electrons. The van der Waals surface area contributed by atoms with Gasteiger partial charge in [0.05, 0.1) is 16.8 Å². The second-order valence-corrected chi connectivity index (χ2v) is 7.79. The van der Waals surface area contributed by atoms with Gasteiger partial charge in [0.1, 0.15) is 11.6 Å². The maximum atomic E-state index is 12.7. The van der Waals surface area contributed by atoms with E-state index < -0.39 is 0 Å². The van der Waals surface area contributed by atoms with Crippen molar-refractivity contribution in [2.24, 2.45) is 0 Å². The summed E-state index contributed by atoms with van der Waals surface area (Å²) in [6.07, 6.45) is 5.11. The Bertz CT molecular complexity index is 996. The van der Waals surface area contributed by atoms with E-state index in [4.69, 9.17) is 0 Å². The third-order valence-electron chi connectivity index (χ3n) is 5.02. The van der Waals surface area contributed by atoms with Crippen molar-refractivity contribution in [1.29, 1.82) is 0 Å². The molecule has 0 aliphatic carbocycles. The number of carbonyl (C=O) groups excluding carboxylic acids is 2. The number of para-hydroxylation sites is 1. The van der Waals surface area contributed by atoms with Gasteiger partial charge in [-0.05, 0) is 36.4 Å². The third kappa shape index (κ3) is 4.54. The number of nitrogens with one attached hydrogen (secondary N) is 2. The zero-order valence-electron chi connectivity index (χ0n) is 16.1. The Labute approximate surface area is 173 Å². The van der Waals surface area contributed by atoms with Crippen LogP contribution in [0.25, 0.3) is 0 Å². The molecule has 0 saturated heterocycles. The molecular formula is C21H23N5O2S. The van der Waals surface area contributed by atoms with Crippen LogP contribution in [0.3, 0.4) is 0 Å². The van der Waals surface area contributed by atoms with Crippen LogP contribution in [0.2, 0.25) is 0 Å². The average molecular weight is 410 g/mol. The van der Waals surface area contributed by atoms with Crippen LogP contribution in [0.15, 0.2) is 41.1 Å². The highest BCUT2D eigenvalue weighted by Gasteiger charge is 2.16. The van der Waals surface area contributed by atoms with Crippen molar-refractivity contribution >= 4 is 28.8 Å². The molecule has 3 heterocycles. The summed E-state index contributed by atoms with van der Waals surface area (Å²) in [4.78, 5) is 25.0. The van der Waals surface area contributed by atoms with E-state index in [9.17, 15) is 9.59 Å². The molecule has 4 rings (SSSR count). The van der Waals surface area contributed by atoms with Crippen LogP contribution in [0.5, 0.6) is 0 Å². The van der Waals surface area contributed by atoms with Gasteiger partial charge in [0.25, 0.3) is 11.8 Å². The Balaban J connectivity index is 1.38. The van der Waals surface area contributed by atoms with Crippen molar-refractivity contribution in [3.8, 4) is 0 Å². The molecule has 0 atom stereocenters. The number of hydrogen-bond acceptors (Lipinski definition) is 5. The highest BCUT2D eigenvalue weighted by atomic mass is 32.1. The van der Waals surface area contributed by atoms with Crippen molar-refractivity contribution in [2.75, 3.05) is 11.9 Å². The van der Waals surface area contributed by atoms with Gasteiger partial charge in [-0.2, -0.15) is 11.3 Å². The Kier molecular flexibility index (Phi) is 6.00. The molecule has 1 aliphatic heterocycles. The number of nitrogens with zero attached hydrogens (tertiary/aromatic N) is 3. The van der Waals surface area contributed by atoms with Gasteiger partial charge < -0.3 is 15.2 Å². The van der Waals surface area contributed by atoms with Gasteiger partial charge >= 0.3 is 0 Å². The molecule has 3 aromatic rings. The van der Waals surface area contributed by atoms with Crippen LogP contribution in [-0.4, -0.2) is 33.1 Å². The first kappa shape index (κ1) is 19.3. The van der Waals surface area contributed by atoms with Crippen LogP contribution in [-0.2, 0) is 19.4 Å². The monoisotopic (exact) mass is 409 g/mol. The fraction of sp³-hybridized carbons (Fsp3) is 0.333. The normalized spacial score (nSPS) is 13.4. The topological polar surface area (TPSA) is 88.9 Å². The second kappa shape index (κ2) is 9.00. The number of carbonyl (C=O) groups is 2. The largest absolute Gasteiger partial charge is 0.352 e. The van der Waals surface area contributed by atoms with Gasteiger partial charge in [0.15, 0.2) is 0 Å². The van der Waals surface area contributed by atoms with Gasteiger partial charge in [-0.1, -0.05) is 18.6 Å². The molecule has 29 heavy (non-hydrogen) atoms. The molecule has 2 aromatic heterocycles. The lowest BCUT2D eigenvalue weighted by Crippen LogP contribution is -2.28. The van der Waals surface area contributed by atoms with Crippen LogP contribution < -0.4 is 10.6 Å². The molecule has 150 valence electrons. The molecule has 0 spiro atoms. The first-order chi connectivity index (χ1) is 14.2. The standard InChI is InChI=1S/C21H23N5O2S/c27-20(15-10-13-29-14-15)23-17-7-4-3-6-16(17)21(28)22-11-9-19-25-24-18-8-2-1-5-12-26(18)19/h3-4,6-7,10,13-14H,1-2,5,8-9,11-12H2,(H,22,28)(H,23,27). The lowest BCUT2D eigenvalue weighted by atomic mass is 10.1. The lowest BCUT2D eigenvalue weighted by molar-refractivity contribution is 0.0954. The van der Waals surface area contributed by atoms with E-state index in [1.807, 2.05) is 5.38 Å². The molecule has 2 N–H and O–H groups in total. The van der Waals surface area contributed by atoms with Gasteiger partial charge in [-0.3, -0.25) is 9.59 Å². The maximum absolute atomic E-state index is 12.7. The quantitative estimate of drug-likeness (QED) is 0.654. The highest BCUT2D eigenvalue weighted by molar-refractivity contribution is 7.08. The number of fused-ring (bicyclic) bond motifs is 1. The fourth-order valence-corrected chi connectivity index (χ4v) is 4.13. The summed E-state index contributed by atoms with van der Waals surface area (Å²) in [5.41, 5.74) is 1.52. The summed E-state index contributed by atoms with van der Waals surface area (Å²) < 4.78 is 2.19. The zero-order chi connectivity index (χ0) is 20.1. The van der Waals surface area contributed by atoms with E-state index in [2.05, 4.69) is 25.4 Å². The summed E-state index contributed by atoms with van der Waals surface area (Å²) >= 11 is 1.46. The molecule has 1 aliphatic rings. The molecule has 0 saturated carbocycles. The van der Waals surface area contributed by atoms with Crippen LogP contribution in [0, 0.1) is 0 Å². The van der Waals surface area contributed by atoms with Gasteiger partial charge in [0, 0.05) is 31.3 Å². The SMILES string of the molecule is O=C(Nc1ccccc1C(=O)NCCc1nnc2n1CCCCC2)c1ccsc1. The average Bonchev–Trinajstić information content (AvgIpc) is 3.34. The number of benzene rings is 1. The van der Waals surface area contributed by atoms with Crippen LogP contribution in [0.1, 0.15) is 51.6 Å². The number of rotatable bonds is 6. The Morgan fingerprint density at radius 3 is 2.83 bits per heavy atom. The van der Waals surface area contributed by atoms with E-state index in [0.717, 1.165) is 37.5 Å². The first-order valence-corrected chi connectivity index (χ1v) is 10.8. The van der Waals surface area contributed by atoms with E-state index >= 15 is 0 Å². The van der Waals surface area contributed by atoms with Crippen molar-refractivity contribution in [3.05, 3.63) is 63.9 Å². The molecule has 8 heteroatoms. The summed E-state index contributed by atoms with van der Waals surface area (Å²) in [5.74, 6) is 1.52. The molecule has 0 bridgehead atoms. The molecule has 0 fully saturated rings. The minimum atomic E-state index is -0.224. The number of aromatic nitrogens is 3. The number of thiophene rings is 1. The Hall–Kier alpha value is -3.00. The number of amides is 2. The predicted octanol–water partition coefficient (Wildman–Crippen LogP) is 3.29. The smallest absolute Gasteiger partial charge is 0.256 e.